The first-order valence-corrected chi connectivity index (χ1v) is 6.65. The van der Waals surface area contributed by atoms with E-state index >= 15 is 0 Å². The molecule has 4 nitrogen and oxygen atoms in total. The molecule has 0 aliphatic carbocycles. The van der Waals surface area contributed by atoms with Crippen LogP contribution in [0.2, 0.25) is 0 Å². The summed E-state index contributed by atoms with van der Waals surface area (Å²) in [7, 11) is 0. The third-order valence-corrected chi connectivity index (χ3v) is 3.07. The molecule has 1 aromatic carbocycles. The number of rotatable bonds is 8. The van der Waals surface area contributed by atoms with Gasteiger partial charge in [0.25, 0.3) is 0 Å². The van der Waals surface area contributed by atoms with Crippen LogP contribution in [0.4, 0.5) is 0 Å². The Kier molecular flexibility index (Phi) is 5.77. The van der Waals surface area contributed by atoms with E-state index in [-0.39, 0.29) is 0 Å². The van der Waals surface area contributed by atoms with Gasteiger partial charge >= 0.3 is 5.97 Å². The van der Waals surface area contributed by atoms with Crippen molar-refractivity contribution in [3.05, 3.63) is 36.4 Å². The van der Waals surface area contributed by atoms with Crippen molar-refractivity contribution in [2.75, 3.05) is 13.2 Å². The number of ether oxygens (including phenoxy) is 2. The monoisotopic (exact) mass is 278 g/mol. The molecule has 1 rings (SSSR count). The average Bonchev–Trinajstić information content (AvgIpc) is 2.39. The van der Waals surface area contributed by atoms with Crippen LogP contribution in [0.5, 0.6) is 5.75 Å². The topological polar surface area (TPSA) is 55.8 Å². The van der Waals surface area contributed by atoms with Gasteiger partial charge in [-0.25, -0.2) is 4.79 Å². The van der Waals surface area contributed by atoms with Crippen molar-refractivity contribution in [3.63, 3.8) is 0 Å². The van der Waals surface area contributed by atoms with Gasteiger partial charge in [-0.05, 0) is 38.5 Å². The zero-order chi connectivity index (χ0) is 15.2. The summed E-state index contributed by atoms with van der Waals surface area (Å²) in [4.78, 5) is 11.4. The van der Waals surface area contributed by atoms with Gasteiger partial charge in [0.2, 0.25) is 5.60 Å². The Balaban J connectivity index is 2.79. The Hall–Kier alpha value is -1.81. The molecule has 1 aromatic rings. The molecule has 0 saturated heterocycles. The summed E-state index contributed by atoms with van der Waals surface area (Å²) in [5.41, 5.74) is 0.664. The van der Waals surface area contributed by atoms with Crippen LogP contribution in [-0.2, 0) is 9.53 Å². The number of hydrogen-bond donors (Lipinski definition) is 1. The van der Waals surface area contributed by atoms with Crippen LogP contribution >= 0.6 is 0 Å². The first kappa shape index (κ1) is 16.2. The van der Waals surface area contributed by atoms with E-state index in [0.29, 0.717) is 25.4 Å². The lowest BCUT2D eigenvalue weighted by Gasteiger charge is -2.26. The molecule has 1 N–H and O–H groups in total. The lowest BCUT2D eigenvalue weighted by molar-refractivity contribution is -0.155. The minimum Gasteiger partial charge on any atom is -0.478 e. The van der Waals surface area contributed by atoms with Crippen LogP contribution in [0.1, 0.15) is 32.8 Å². The molecule has 0 aromatic heterocycles. The lowest BCUT2D eigenvalue weighted by Crippen LogP contribution is -2.42. The van der Waals surface area contributed by atoms with E-state index in [9.17, 15) is 9.90 Å². The number of carboxylic acids is 1. The molecular weight excluding hydrogens is 256 g/mol. The van der Waals surface area contributed by atoms with Gasteiger partial charge in [0.15, 0.2) is 0 Å². The maximum atomic E-state index is 11.4. The molecule has 1 atom stereocenters. The van der Waals surface area contributed by atoms with E-state index in [1.165, 1.54) is 0 Å². The van der Waals surface area contributed by atoms with Gasteiger partial charge in [-0.15, -0.1) is 0 Å². The third kappa shape index (κ3) is 4.38. The van der Waals surface area contributed by atoms with Crippen molar-refractivity contribution in [2.45, 2.75) is 32.8 Å². The van der Waals surface area contributed by atoms with E-state index in [4.69, 9.17) is 9.47 Å². The Morgan fingerprint density at radius 1 is 1.35 bits per heavy atom. The molecule has 110 valence electrons. The molecule has 0 spiro atoms. The first-order chi connectivity index (χ1) is 9.39. The molecule has 1 unspecified atom stereocenters. The first-order valence-electron chi connectivity index (χ1n) is 6.65. The van der Waals surface area contributed by atoms with Gasteiger partial charge < -0.3 is 14.6 Å². The molecule has 0 fully saturated rings. The van der Waals surface area contributed by atoms with Crippen LogP contribution in [0.15, 0.2) is 30.8 Å². The van der Waals surface area contributed by atoms with Crippen LogP contribution in [0.25, 0.3) is 5.57 Å². The second kappa shape index (κ2) is 7.10. The number of allylic oxidation sites excluding steroid dienone is 1. The van der Waals surface area contributed by atoms with Crippen LogP contribution in [0, 0.1) is 0 Å². The van der Waals surface area contributed by atoms with Crippen molar-refractivity contribution in [3.8, 4) is 5.75 Å². The summed E-state index contributed by atoms with van der Waals surface area (Å²) < 4.78 is 10.8. The number of carboxylic acid groups (broad SMARTS) is 1. The Labute approximate surface area is 120 Å². The van der Waals surface area contributed by atoms with Crippen molar-refractivity contribution < 1.29 is 19.4 Å². The third-order valence-electron chi connectivity index (χ3n) is 3.07. The predicted octanol–water partition coefficient (Wildman–Crippen LogP) is 3.37. The van der Waals surface area contributed by atoms with E-state index in [1.54, 1.807) is 19.1 Å². The molecule has 0 aliphatic heterocycles. The fraction of sp³-hybridized carbons (Fsp3) is 0.438. The highest BCUT2D eigenvalue weighted by atomic mass is 16.5. The van der Waals surface area contributed by atoms with Gasteiger partial charge in [0.05, 0.1) is 6.61 Å². The van der Waals surface area contributed by atoms with Gasteiger partial charge in [0.1, 0.15) is 5.75 Å². The summed E-state index contributed by atoms with van der Waals surface area (Å²) in [5, 5.41) is 9.34. The van der Waals surface area contributed by atoms with E-state index < -0.39 is 11.6 Å². The fourth-order valence-corrected chi connectivity index (χ4v) is 1.68. The van der Waals surface area contributed by atoms with Gasteiger partial charge in [-0.1, -0.05) is 24.3 Å². The van der Waals surface area contributed by atoms with Gasteiger partial charge in [-0.2, -0.15) is 0 Å². The van der Waals surface area contributed by atoms with Crippen molar-refractivity contribution >= 4 is 11.5 Å². The lowest BCUT2D eigenvalue weighted by atomic mass is 10.0. The second-order valence-electron chi connectivity index (χ2n) is 4.89. The molecule has 0 heterocycles. The van der Waals surface area contributed by atoms with Gasteiger partial charge in [0, 0.05) is 13.0 Å². The molecular formula is C16H22O4. The summed E-state index contributed by atoms with van der Waals surface area (Å²) >= 11 is 0. The highest BCUT2D eigenvalue weighted by Gasteiger charge is 2.35. The average molecular weight is 278 g/mol. The van der Waals surface area contributed by atoms with Crippen LogP contribution in [-0.4, -0.2) is 29.9 Å². The Morgan fingerprint density at radius 2 is 1.95 bits per heavy atom. The van der Waals surface area contributed by atoms with Gasteiger partial charge in [-0.3, -0.25) is 0 Å². The molecule has 0 aliphatic rings. The minimum atomic E-state index is -1.29. The highest BCUT2D eigenvalue weighted by molar-refractivity contribution is 5.77. The number of carbonyl (C=O) groups is 1. The smallest absolute Gasteiger partial charge is 0.347 e. The molecule has 0 saturated carbocycles. The van der Waals surface area contributed by atoms with Crippen molar-refractivity contribution in [2.24, 2.45) is 0 Å². The molecule has 0 bridgehead atoms. The molecule has 0 radical (unpaired) electrons. The number of aliphatic carboxylic acids is 1. The van der Waals surface area contributed by atoms with E-state index in [1.807, 2.05) is 26.0 Å². The quantitative estimate of drug-likeness (QED) is 0.741. The summed E-state index contributed by atoms with van der Waals surface area (Å²) in [5.74, 6) is -0.474. The van der Waals surface area contributed by atoms with Crippen molar-refractivity contribution in [1.82, 2.24) is 0 Å². The van der Waals surface area contributed by atoms with E-state index in [0.717, 1.165) is 11.1 Å². The van der Waals surface area contributed by atoms with E-state index in [2.05, 4.69) is 6.58 Å². The molecule has 4 heteroatoms. The Bertz CT molecular complexity index is 464. The largest absolute Gasteiger partial charge is 0.478 e. The number of hydrogen-bond acceptors (Lipinski definition) is 3. The second-order valence-corrected chi connectivity index (χ2v) is 4.89. The zero-order valence-corrected chi connectivity index (χ0v) is 12.3. The maximum Gasteiger partial charge on any atom is 0.347 e. The highest BCUT2D eigenvalue weighted by Crippen LogP contribution is 2.24. The molecule has 0 amide bonds. The summed E-state index contributed by atoms with van der Waals surface area (Å²) in [6.07, 6.45) is 0.290. The zero-order valence-electron chi connectivity index (χ0n) is 12.3. The normalized spacial score (nSPS) is 13.6. The summed E-state index contributed by atoms with van der Waals surface area (Å²) in [6, 6.07) is 7.24. The standard InChI is InChI=1S/C16H22O4/c1-5-19-11-10-16(4,15(17)18)20-14-8-6-13(7-9-14)12(2)3/h6-9H,2,5,10-11H2,1,3-4H3,(H,17,18). The Morgan fingerprint density at radius 3 is 2.40 bits per heavy atom. The van der Waals surface area contributed by atoms with Crippen LogP contribution < -0.4 is 4.74 Å². The SMILES string of the molecule is C=C(C)c1ccc(OC(C)(CCOCC)C(=O)O)cc1. The maximum absolute atomic E-state index is 11.4. The predicted molar refractivity (Wildman–Crippen MR) is 78.9 cm³/mol. The minimum absolute atomic E-state index is 0.290. The molecule has 20 heavy (non-hydrogen) atoms. The fourth-order valence-electron chi connectivity index (χ4n) is 1.68. The summed E-state index contributed by atoms with van der Waals surface area (Å²) in [6.45, 7) is 10.1. The van der Waals surface area contributed by atoms with Crippen LogP contribution in [0.3, 0.4) is 0 Å². The number of benzene rings is 1. The van der Waals surface area contributed by atoms with Crippen molar-refractivity contribution in [1.29, 1.82) is 0 Å².